The number of carbonyl (C=O) groups is 2. The molecule has 3 nitrogen and oxygen atoms in total. The minimum Gasteiger partial charge on any atom is -0.481 e. The van der Waals surface area contributed by atoms with Gasteiger partial charge in [-0.1, -0.05) is 20.8 Å². The average molecular weight is 200 g/mol. The summed E-state index contributed by atoms with van der Waals surface area (Å²) in [6.07, 6.45) is 1.21. The van der Waals surface area contributed by atoms with Gasteiger partial charge in [0.2, 0.25) is 0 Å². The molecule has 0 aromatic rings. The number of ketones is 1. The maximum absolute atomic E-state index is 11.0. The van der Waals surface area contributed by atoms with Gasteiger partial charge in [0.05, 0.1) is 0 Å². The van der Waals surface area contributed by atoms with Crippen molar-refractivity contribution in [2.24, 2.45) is 11.3 Å². The van der Waals surface area contributed by atoms with Crippen LogP contribution in [0.4, 0.5) is 0 Å². The van der Waals surface area contributed by atoms with Gasteiger partial charge in [0, 0.05) is 12.8 Å². The normalized spacial score (nSPS) is 13.7. The molecule has 0 radical (unpaired) electrons. The standard InChI is InChI=1S/C11H20O3/c1-8(12)7-9(11(2,3)4)5-6-10(13)14/h9H,5-7H2,1-4H3,(H,13,14). The molecule has 14 heavy (non-hydrogen) atoms. The molecule has 1 unspecified atom stereocenters. The van der Waals surface area contributed by atoms with Gasteiger partial charge in [-0.05, 0) is 24.7 Å². The molecule has 0 aromatic heterocycles. The second kappa shape index (κ2) is 5.13. The molecule has 0 amide bonds. The van der Waals surface area contributed by atoms with Crippen LogP contribution in [0.3, 0.4) is 0 Å². The summed E-state index contributed by atoms with van der Waals surface area (Å²) in [5, 5.41) is 8.58. The van der Waals surface area contributed by atoms with Crippen LogP contribution in [0.25, 0.3) is 0 Å². The highest BCUT2D eigenvalue weighted by Gasteiger charge is 2.26. The van der Waals surface area contributed by atoms with Gasteiger partial charge >= 0.3 is 5.97 Å². The van der Waals surface area contributed by atoms with Crippen molar-refractivity contribution in [3.8, 4) is 0 Å². The first kappa shape index (κ1) is 13.1. The van der Waals surface area contributed by atoms with E-state index in [9.17, 15) is 9.59 Å². The van der Waals surface area contributed by atoms with E-state index in [-0.39, 0.29) is 23.5 Å². The molecule has 0 aliphatic heterocycles. The van der Waals surface area contributed by atoms with E-state index in [1.807, 2.05) is 20.8 Å². The van der Waals surface area contributed by atoms with E-state index in [1.165, 1.54) is 0 Å². The Labute approximate surface area is 85.5 Å². The maximum Gasteiger partial charge on any atom is 0.303 e. The highest BCUT2D eigenvalue weighted by atomic mass is 16.4. The summed E-state index contributed by atoms with van der Waals surface area (Å²) in [6, 6.07) is 0. The number of carboxylic acids is 1. The Morgan fingerprint density at radius 1 is 1.29 bits per heavy atom. The first-order valence-corrected chi connectivity index (χ1v) is 4.94. The Bertz CT molecular complexity index is 213. The fraction of sp³-hybridized carbons (Fsp3) is 0.818. The number of carboxylic acid groups (broad SMARTS) is 1. The van der Waals surface area contributed by atoms with E-state index >= 15 is 0 Å². The lowest BCUT2D eigenvalue weighted by Gasteiger charge is -2.29. The molecule has 1 atom stereocenters. The first-order valence-electron chi connectivity index (χ1n) is 4.94. The third-order valence-corrected chi connectivity index (χ3v) is 2.47. The lowest BCUT2D eigenvalue weighted by atomic mass is 9.75. The Morgan fingerprint density at radius 2 is 1.79 bits per heavy atom. The van der Waals surface area contributed by atoms with Gasteiger partial charge in [0.15, 0.2) is 0 Å². The van der Waals surface area contributed by atoms with Crippen molar-refractivity contribution < 1.29 is 14.7 Å². The van der Waals surface area contributed by atoms with E-state index in [0.717, 1.165) is 0 Å². The number of hydrogen-bond donors (Lipinski definition) is 1. The average Bonchev–Trinajstić information content (AvgIpc) is 1.94. The third-order valence-electron chi connectivity index (χ3n) is 2.47. The molecule has 3 heteroatoms. The fourth-order valence-corrected chi connectivity index (χ4v) is 1.49. The molecule has 1 N–H and O–H groups in total. The molecular formula is C11H20O3. The van der Waals surface area contributed by atoms with Crippen molar-refractivity contribution in [2.75, 3.05) is 0 Å². The quantitative estimate of drug-likeness (QED) is 0.741. The van der Waals surface area contributed by atoms with E-state index in [4.69, 9.17) is 5.11 Å². The lowest BCUT2D eigenvalue weighted by molar-refractivity contribution is -0.137. The van der Waals surface area contributed by atoms with Crippen LogP contribution in [0.15, 0.2) is 0 Å². The Hall–Kier alpha value is -0.860. The molecule has 0 aliphatic rings. The Kier molecular flexibility index (Phi) is 4.81. The molecule has 0 spiro atoms. The molecule has 0 saturated heterocycles. The molecule has 0 bridgehead atoms. The summed E-state index contributed by atoms with van der Waals surface area (Å²) in [7, 11) is 0. The first-order chi connectivity index (χ1) is 6.23. The molecule has 82 valence electrons. The maximum atomic E-state index is 11.0. The van der Waals surface area contributed by atoms with Gasteiger partial charge in [-0.2, -0.15) is 0 Å². The van der Waals surface area contributed by atoms with E-state index in [1.54, 1.807) is 6.92 Å². The van der Waals surface area contributed by atoms with Crippen LogP contribution in [-0.2, 0) is 9.59 Å². The zero-order valence-corrected chi connectivity index (χ0v) is 9.46. The zero-order valence-electron chi connectivity index (χ0n) is 9.46. The van der Waals surface area contributed by atoms with Gasteiger partial charge < -0.3 is 9.90 Å². The van der Waals surface area contributed by atoms with Crippen molar-refractivity contribution in [3.63, 3.8) is 0 Å². The van der Waals surface area contributed by atoms with Crippen molar-refractivity contribution >= 4 is 11.8 Å². The fourth-order valence-electron chi connectivity index (χ4n) is 1.49. The van der Waals surface area contributed by atoms with Crippen LogP contribution in [0.5, 0.6) is 0 Å². The monoisotopic (exact) mass is 200 g/mol. The highest BCUT2D eigenvalue weighted by Crippen LogP contribution is 2.32. The highest BCUT2D eigenvalue weighted by molar-refractivity contribution is 5.76. The largest absolute Gasteiger partial charge is 0.481 e. The Balaban J connectivity index is 4.26. The van der Waals surface area contributed by atoms with Gasteiger partial charge in [0.25, 0.3) is 0 Å². The van der Waals surface area contributed by atoms with E-state index in [2.05, 4.69) is 0 Å². The Morgan fingerprint density at radius 3 is 2.07 bits per heavy atom. The second-order valence-corrected chi connectivity index (χ2v) is 4.90. The molecule has 0 aromatic carbocycles. The van der Waals surface area contributed by atoms with Crippen LogP contribution in [0.1, 0.15) is 47.0 Å². The number of Topliss-reactive ketones (excluding diaryl/α,β-unsaturated/α-hetero) is 1. The topological polar surface area (TPSA) is 54.4 Å². The van der Waals surface area contributed by atoms with Gasteiger partial charge in [-0.3, -0.25) is 4.79 Å². The SMILES string of the molecule is CC(=O)CC(CCC(=O)O)C(C)(C)C. The molecule has 0 aliphatic carbocycles. The van der Waals surface area contributed by atoms with Crippen LogP contribution in [-0.4, -0.2) is 16.9 Å². The predicted molar refractivity (Wildman–Crippen MR) is 55.1 cm³/mol. The lowest BCUT2D eigenvalue weighted by Crippen LogP contribution is -2.23. The second-order valence-electron chi connectivity index (χ2n) is 4.90. The number of hydrogen-bond acceptors (Lipinski definition) is 2. The van der Waals surface area contributed by atoms with Crippen molar-refractivity contribution in [1.82, 2.24) is 0 Å². The van der Waals surface area contributed by atoms with E-state index in [0.29, 0.717) is 12.8 Å². The van der Waals surface area contributed by atoms with Gasteiger partial charge in [-0.15, -0.1) is 0 Å². The van der Waals surface area contributed by atoms with Crippen molar-refractivity contribution in [2.45, 2.75) is 47.0 Å². The molecule has 0 saturated carbocycles. The molecule has 0 rings (SSSR count). The number of aliphatic carboxylic acids is 1. The third kappa shape index (κ3) is 5.73. The number of carbonyl (C=O) groups excluding carboxylic acids is 1. The zero-order chi connectivity index (χ0) is 11.4. The number of rotatable bonds is 5. The summed E-state index contributed by atoms with van der Waals surface area (Å²) in [5.74, 6) is -0.491. The summed E-state index contributed by atoms with van der Waals surface area (Å²) in [5.41, 5.74) is 0.00111. The summed E-state index contributed by atoms with van der Waals surface area (Å²) in [6.45, 7) is 7.69. The van der Waals surface area contributed by atoms with E-state index < -0.39 is 5.97 Å². The smallest absolute Gasteiger partial charge is 0.303 e. The van der Waals surface area contributed by atoms with Crippen LogP contribution in [0, 0.1) is 11.3 Å². The summed E-state index contributed by atoms with van der Waals surface area (Å²) >= 11 is 0. The molecular weight excluding hydrogens is 180 g/mol. The predicted octanol–water partition coefficient (Wildman–Crippen LogP) is 2.49. The van der Waals surface area contributed by atoms with Gasteiger partial charge in [0.1, 0.15) is 5.78 Å². The summed E-state index contributed by atoms with van der Waals surface area (Å²) in [4.78, 5) is 21.4. The molecule has 0 fully saturated rings. The van der Waals surface area contributed by atoms with Crippen LogP contribution >= 0.6 is 0 Å². The molecule has 0 heterocycles. The van der Waals surface area contributed by atoms with Crippen molar-refractivity contribution in [1.29, 1.82) is 0 Å². The minimum absolute atomic E-state index is 0.00111. The van der Waals surface area contributed by atoms with Gasteiger partial charge in [-0.25, -0.2) is 0 Å². The van der Waals surface area contributed by atoms with Crippen LogP contribution < -0.4 is 0 Å². The van der Waals surface area contributed by atoms with Crippen molar-refractivity contribution in [3.05, 3.63) is 0 Å². The minimum atomic E-state index is -0.789. The summed E-state index contributed by atoms with van der Waals surface area (Å²) < 4.78 is 0. The van der Waals surface area contributed by atoms with Crippen LogP contribution in [0.2, 0.25) is 0 Å².